The number of methoxy groups -OCH3 is 1. The minimum atomic E-state index is -0.462. The molecule has 0 heterocycles. The van der Waals surface area contributed by atoms with Crippen LogP contribution >= 0.6 is 23.8 Å². The van der Waals surface area contributed by atoms with Gasteiger partial charge >= 0.3 is 5.97 Å². The van der Waals surface area contributed by atoms with Crippen LogP contribution in [0.15, 0.2) is 42.5 Å². The topological polar surface area (TPSA) is 59.6 Å². The molecule has 0 aromatic heterocycles. The smallest absolute Gasteiger partial charge is 0.339 e. The fourth-order valence-corrected chi connectivity index (χ4v) is 3.33. The molecular weight excluding hydrogens is 408 g/mol. The lowest BCUT2D eigenvalue weighted by Crippen LogP contribution is -2.33. The molecule has 0 radical (unpaired) electrons. The fourth-order valence-electron chi connectivity index (χ4n) is 2.88. The monoisotopic (exact) mass is 434 g/mol. The standard InChI is InChI=1S/C22H27ClN2O3S/c1-5-28-21(26)18-13-16(8-11-19(18)23)24-22(29)25-20(12-14(2)3)15-6-9-17(27-4)10-7-15/h6-11,13-14,20H,5,12H2,1-4H3,(H2,24,25,29)/t20-/m1/s1. The summed E-state index contributed by atoms with van der Waals surface area (Å²) < 4.78 is 10.3. The number of carbonyl (C=O) groups excluding carboxylic acids is 1. The number of hydrogen-bond donors (Lipinski definition) is 2. The molecule has 0 fully saturated rings. The van der Waals surface area contributed by atoms with Crippen molar-refractivity contribution in [2.24, 2.45) is 5.92 Å². The maximum Gasteiger partial charge on any atom is 0.339 e. The van der Waals surface area contributed by atoms with E-state index in [1.807, 2.05) is 24.3 Å². The van der Waals surface area contributed by atoms with Gasteiger partial charge in [-0.3, -0.25) is 0 Å². The van der Waals surface area contributed by atoms with Crippen LogP contribution in [0.2, 0.25) is 5.02 Å². The first-order valence-electron chi connectivity index (χ1n) is 9.52. The van der Waals surface area contributed by atoms with Gasteiger partial charge in [-0.25, -0.2) is 4.79 Å². The summed E-state index contributed by atoms with van der Waals surface area (Å²) in [6.07, 6.45) is 0.906. The molecule has 2 aromatic rings. The summed E-state index contributed by atoms with van der Waals surface area (Å²) in [5.41, 5.74) is 2.08. The number of hydrogen-bond acceptors (Lipinski definition) is 4. The second-order valence-electron chi connectivity index (χ2n) is 6.97. The Bertz CT molecular complexity index is 840. The number of ether oxygens (including phenoxy) is 2. The lowest BCUT2D eigenvalue weighted by atomic mass is 9.97. The van der Waals surface area contributed by atoms with Crippen molar-refractivity contribution in [3.8, 4) is 5.75 Å². The van der Waals surface area contributed by atoms with Crippen molar-refractivity contribution in [3.05, 3.63) is 58.6 Å². The number of halogens is 1. The van der Waals surface area contributed by atoms with Crippen molar-refractivity contribution in [3.63, 3.8) is 0 Å². The SMILES string of the molecule is CCOC(=O)c1cc(NC(=S)N[C@H](CC(C)C)c2ccc(OC)cc2)ccc1Cl. The van der Waals surface area contributed by atoms with Crippen molar-refractivity contribution >= 4 is 40.6 Å². The molecule has 0 unspecified atom stereocenters. The Kier molecular flexibility index (Phi) is 8.73. The van der Waals surface area contributed by atoms with E-state index in [4.69, 9.17) is 33.3 Å². The largest absolute Gasteiger partial charge is 0.497 e. The molecule has 2 rings (SSSR count). The maximum absolute atomic E-state index is 12.0. The summed E-state index contributed by atoms with van der Waals surface area (Å²) in [5, 5.41) is 7.30. The molecule has 1 atom stereocenters. The van der Waals surface area contributed by atoms with Crippen molar-refractivity contribution in [2.45, 2.75) is 33.2 Å². The molecule has 2 N–H and O–H groups in total. The predicted octanol–water partition coefficient (Wildman–Crippen LogP) is 5.60. The Morgan fingerprint density at radius 1 is 1.17 bits per heavy atom. The highest BCUT2D eigenvalue weighted by Gasteiger charge is 2.16. The van der Waals surface area contributed by atoms with Gasteiger partial charge < -0.3 is 20.1 Å². The molecular formula is C22H27ClN2O3S. The number of esters is 1. The van der Waals surface area contributed by atoms with Crippen LogP contribution in [0, 0.1) is 5.92 Å². The Balaban J connectivity index is 2.13. The zero-order chi connectivity index (χ0) is 21.4. The van der Waals surface area contributed by atoms with E-state index in [2.05, 4.69) is 24.5 Å². The molecule has 0 saturated heterocycles. The van der Waals surface area contributed by atoms with Crippen molar-refractivity contribution in [1.29, 1.82) is 0 Å². The number of thiocarbonyl (C=S) groups is 1. The van der Waals surface area contributed by atoms with Gasteiger partial charge in [0.1, 0.15) is 5.75 Å². The third-order valence-corrected chi connectivity index (χ3v) is 4.80. The molecule has 0 bridgehead atoms. The minimum absolute atomic E-state index is 0.0396. The normalized spacial score (nSPS) is 11.7. The summed E-state index contributed by atoms with van der Waals surface area (Å²) in [4.78, 5) is 12.0. The van der Waals surface area contributed by atoms with Crippen molar-refractivity contribution < 1.29 is 14.3 Å². The average Bonchev–Trinajstić information content (AvgIpc) is 2.68. The zero-order valence-electron chi connectivity index (χ0n) is 17.1. The second-order valence-corrected chi connectivity index (χ2v) is 7.78. The summed E-state index contributed by atoms with van der Waals surface area (Å²) in [7, 11) is 1.65. The summed E-state index contributed by atoms with van der Waals surface area (Å²) in [6, 6.07) is 13.0. The van der Waals surface area contributed by atoms with Crippen LogP contribution in [-0.2, 0) is 4.74 Å². The van der Waals surface area contributed by atoms with Crippen molar-refractivity contribution in [2.75, 3.05) is 19.0 Å². The first-order chi connectivity index (χ1) is 13.8. The number of rotatable bonds is 8. The number of benzene rings is 2. The van der Waals surface area contributed by atoms with Gasteiger partial charge in [0.25, 0.3) is 0 Å². The zero-order valence-corrected chi connectivity index (χ0v) is 18.7. The third kappa shape index (κ3) is 6.91. The number of nitrogens with one attached hydrogen (secondary N) is 2. The Morgan fingerprint density at radius 3 is 2.45 bits per heavy atom. The average molecular weight is 435 g/mol. The van der Waals surface area contributed by atoms with Crippen LogP contribution < -0.4 is 15.4 Å². The molecule has 0 saturated carbocycles. The highest BCUT2D eigenvalue weighted by molar-refractivity contribution is 7.80. The summed E-state index contributed by atoms with van der Waals surface area (Å²) >= 11 is 11.6. The second kappa shape index (κ2) is 11.0. The molecule has 5 nitrogen and oxygen atoms in total. The number of anilines is 1. The van der Waals surface area contributed by atoms with Gasteiger partial charge in [0, 0.05) is 5.69 Å². The van der Waals surface area contributed by atoms with Gasteiger partial charge in [0.2, 0.25) is 0 Å². The number of carbonyl (C=O) groups is 1. The van der Waals surface area contributed by atoms with Gasteiger partial charge in [0.05, 0.1) is 30.3 Å². The van der Waals surface area contributed by atoms with Gasteiger partial charge in [-0.15, -0.1) is 0 Å². The molecule has 0 aliphatic carbocycles. The predicted molar refractivity (Wildman–Crippen MR) is 122 cm³/mol. The van der Waals surface area contributed by atoms with Gasteiger partial charge in [-0.2, -0.15) is 0 Å². The van der Waals surface area contributed by atoms with Crippen molar-refractivity contribution in [1.82, 2.24) is 5.32 Å². The van der Waals surface area contributed by atoms with Crippen LogP contribution in [0.4, 0.5) is 5.69 Å². The van der Waals surface area contributed by atoms with E-state index in [9.17, 15) is 4.79 Å². The van der Waals surface area contributed by atoms with E-state index >= 15 is 0 Å². The maximum atomic E-state index is 12.0. The van der Waals surface area contributed by atoms with E-state index in [1.165, 1.54) is 0 Å². The summed E-state index contributed by atoms with van der Waals surface area (Å²) in [6.45, 7) is 6.37. The molecule has 156 valence electrons. The molecule has 7 heteroatoms. The molecule has 0 amide bonds. The van der Waals surface area contributed by atoms with Gasteiger partial charge in [0.15, 0.2) is 5.11 Å². The molecule has 0 aliphatic rings. The Labute approximate surface area is 182 Å². The Hall–Kier alpha value is -2.31. The van der Waals surface area contributed by atoms with Crippen LogP contribution in [-0.4, -0.2) is 24.8 Å². The highest BCUT2D eigenvalue weighted by Crippen LogP contribution is 2.25. The fraction of sp³-hybridized carbons (Fsp3) is 0.364. The van der Waals surface area contributed by atoms with E-state index < -0.39 is 5.97 Å². The van der Waals surface area contributed by atoms with Gasteiger partial charge in [-0.1, -0.05) is 37.6 Å². The van der Waals surface area contributed by atoms with E-state index in [1.54, 1.807) is 32.2 Å². The molecule has 2 aromatic carbocycles. The van der Waals surface area contributed by atoms with Crippen LogP contribution in [0.3, 0.4) is 0 Å². The van der Waals surface area contributed by atoms with Crippen LogP contribution in [0.25, 0.3) is 0 Å². The van der Waals surface area contributed by atoms with E-state index in [0.717, 1.165) is 17.7 Å². The van der Waals surface area contributed by atoms with E-state index in [0.29, 0.717) is 27.3 Å². The lowest BCUT2D eigenvalue weighted by molar-refractivity contribution is 0.0526. The molecule has 0 spiro atoms. The molecule has 0 aliphatic heterocycles. The quantitative estimate of drug-likeness (QED) is 0.416. The highest BCUT2D eigenvalue weighted by atomic mass is 35.5. The molecule has 29 heavy (non-hydrogen) atoms. The third-order valence-electron chi connectivity index (χ3n) is 4.25. The Morgan fingerprint density at radius 2 is 1.86 bits per heavy atom. The van der Waals surface area contributed by atoms with Crippen LogP contribution in [0.1, 0.15) is 49.2 Å². The summed E-state index contributed by atoms with van der Waals surface area (Å²) in [5.74, 6) is 0.824. The van der Waals surface area contributed by atoms with Gasteiger partial charge in [-0.05, 0) is 67.4 Å². The van der Waals surface area contributed by atoms with Crippen LogP contribution in [0.5, 0.6) is 5.75 Å². The minimum Gasteiger partial charge on any atom is -0.497 e. The lowest BCUT2D eigenvalue weighted by Gasteiger charge is -2.23. The first kappa shape index (κ1) is 23.0. The first-order valence-corrected chi connectivity index (χ1v) is 10.3. The van der Waals surface area contributed by atoms with E-state index in [-0.39, 0.29) is 12.6 Å².